The van der Waals surface area contributed by atoms with Crippen LogP contribution in [-0.4, -0.2) is 69.1 Å². The summed E-state index contributed by atoms with van der Waals surface area (Å²) in [5, 5.41) is 14.2. The molecule has 1 aliphatic heterocycles. The highest BCUT2D eigenvalue weighted by atomic mass is 19.4. The largest absolute Gasteiger partial charge is 0.478 e. The van der Waals surface area contributed by atoms with Gasteiger partial charge in [-0.15, -0.1) is 0 Å². The Hall–Kier alpha value is -3.93. The number of halogens is 3. The van der Waals surface area contributed by atoms with Crippen molar-refractivity contribution in [2.45, 2.75) is 19.1 Å². The second-order valence-electron chi connectivity index (χ2n) is 8.13. The summed E-state index contributed by atoms with van der Waals surface area (Å²) in [6.07, 6.45) is -1.30. The van der Waals surface area contributed by atoms with Crippen LogP contribution in [0.5, 0.6) is 0 Å². The minimum absolute atomic E-state index is 0.000473. The lowest BCUT2D eigenvalue weighted by molar-refractivity contribution is -0.141. The van der Waals surface area contributed by atoms with Crippen molar-refractivity contribution in [1.82, 2.24) is 19.7 Å². The van der Waals surface area contributed by atoms with E-state index in [1.54, 1.807) is 4.90 Å². The maximum Gasteiger partial charge on any atom is 0.408 e. The van der Waals surface area contributed by atoms with Gasteiger partial charge in [0.1, 0.15) is 29.8 Å². The fourth-order valence-electron chi connectivity index (χ4n) is 4.13. The van der Waals surface area contributed by atoms with Crippen molar-refractivity contribution in [3.05, 3.63) is 48.0 Å². The quantitative estimate of drug-likeness (QED) is 0.463. The number of aromatic carboxylic acids is 1. The molecule has 0 spiro atoms. The molecule has 0 radical (unpaired) electrons. The third kappa shape index (κ3) is 4.44. The van der Waals surface area contributed by atoms with E-state index in [0.29, 0.717) is 49.3 Å². The van der Waals surface area contributed by atoms with Crippen LogP contribution >= 0.6 is 0 Å². The summed E-state index contributed by atoms with van der Waals surface area (Å²) >= 11 is 0. The van der Waals surface area contributed by atoms with Crippen LogP contribution in [0.1, 0.15) is 27.3 Å². The number of carbonyl (C=O) groups excluding carboxylic acids is 1. The first kappa shape index (κ1) is 22.8. The first-order valence-corrected chi connectivity index (χ1v) is 10.8. The molecule has 35 heavy (non-hydrogen) atoms. The summed E-state index contributed by atoms with van der Waals surface area (Å²) in [5.41, 5.74) is 0.878. The molecule has 1 fully saturated rings. The van der Waals surface area contributed by atoms with Gasteiger partial charge in [0.15, 0.2) is 0 Å². The minimum Gasteiger partial charge on any atom is -0.478 e. The zero-order valence-electron chi connectivity index (χ0n) is 18.2. The highest BCUT2D eigenvalue weighted by Gasteiger charge is 2.31. The summed E-state index contributed by atoms with van der Waals surface area (Å²) in [7, 11) is 0. The van der Waals surface area contributed by atoms with E-state index in [1.165, 1.54) is 36.7 Å². The van der Waals surface area contributed by atoms with Gasteiger partial charge in [0.2, 0.25) is 0 Å². The van der Waals surface area contributed by atoms with Crippen molar-refractivity contribution in [3.63, 3.8) is 0 Å². The van der Waals surface area contributed by atoms with Crippen LogP contribution in [0, 0.1) is 0 Å². The maximum atomic E-state index is 13.4. The first-order valence-electron chi connectivity index (χ1n) is 10.8. The number of hydrogen-bond acceptors (Lipinski definition) is 6. The van der Waals surface area contributed by atoms with Crippen molar-refractivity contribution in [2.75, 3.05) is 26.3 Å². The van der Waals surface area contributed by atoms with Gasteiger partial charge < -0.3 is 19.2 Å². The smallest absolute Gasteiger partial charge is 0.408 e. The van der Waals surface area contributed by atoms with Crippen LogP contribution in [0.15, 0.2) is 41.1 Å². The van der Waals surface area contributed by atoms with E-state index in [2.05, 4.69) is 10.1 Å². The number of benzene rings is 1. The number of nitrogens with zero attached hydrogens (tertiary/aromatic N) is 4. The summed E-state index contributed by atoms with van der Waals surface area (Å²) in [5.74, 6) is -1.56. The summed E-state index contributed by atoms with van der Waals surface area (Å²) in [6.45, 7) is 0.335. The highest BCUT2D eigenvalue weighted by molar-refractivity contribution is 6.05. The van der Waals surface area contributed by atoms with E-state index in [4.69, 9.17) is 9.15 Å². The van der Waals surface area contributed by atoms with Gasteiger partial charge in [-0.2, -0.15) is 18.3 Å². The van der Waals surface area contributed by atoms with Crippen molar-refractivity contribution < 1.29 is 37.0 Å². The molecule has 3 aromatic heterocycles. The number of amides is 1. The summed E-state index contributed by atoms with van der Waals surface area (Å²) < 4.78 is 51.7. The third-order valence-electron chi connectivity index (χ3n) is 5.77. The van der Waals surface area contributed by atoms with Crippen LogP contribution in [0.3, 0.4) is 0 Å². The lowest BCUT2D eigenvalue weighted by atomic mass is 10.1. The second kappa shape index (κ2) is 8.69. The van der Waals surface area contributed by atoms with E-state index < -0.39 is 24.6 Å². The molecule has 182 valence electrons. The maximum absolute atomic E-state index is 13.4. The molecule has 4 aromatic rings. The molecule has 0 saturated carbocycles. The normalized spacial score (nSPS) is 15.0. The number of ether oxygens (including phenoxy) is 1. The average Bonchev–Trinajstić information content (AvgIpc) is 3.26. The molecule has 1 saturated heterocycles. The molecule has 12 heteroatoms. The summed E-state index contributed by atoms with van der Waals surface area (Å²) in [4.78, 5) is 30.2. The zero-order chi connectivity index (χ0) is 24.7. The predicted octanol–water partition coefficient (Wildman–Crippen LogP) is 3.97. The number of carboxylic acid groups (broad SMARTS) is 1. The molecule has 1 aliphatic rings. The predicted molar refractivity (Wildman–Crippen MR) is 117 cm³/mol. The Morgan fingerprint density at radius 3 is 2.71 bits per heavy atom. The van der Waals surface area contributed by atoms with Crippen molar-refractivity contribution >= 4 is 33.7 Å². The Balaban J connectivity index is 1.64. The number of aromatic nitrogens is 3. The molecule has 9 nitrogen and oxygen atoms in total. The number of hydrogen-bond donors (Lipinski definition) is 1. The Kier molecular flexibility index (Phi) is 5.67. The van der Waals surface area contributed by atoms with Gasteiger partial charge in [0, 0.05) is 42.2 Å². The molecule has 5 rings (SSSR count). The van der Waals surface area contributed by atoms with Gasteiger partial charge in [-0.3, -0.25) is 14.5 Å². The van der Waals surface area contributed by atoms with Gasteiger partial charge >= 0.3 is 12.1 Å². The fourth-order valence-corrected chi connectivity index (χ4v) is 4.13. The number of rotatable bonds is 4. The number of carbonyl (C=O) groups is 2. The SMILES string of the molecule is O=C(O)c1ccc2occ(-c3nn(CC(F)(F)F)c4cc(C(=O)N5CCCOCC5)ncc34)c2c1. The Bertz CT molecular complexity index is 1430. The minimum atomic E-state index is -4.57. The Morgan fingerprint density at radius 2 is 1.94 bits per heavy atom. The molecule has 0 bridgehead atoms. The van der Waals surface area contributed by atoms with E-state index >= 15 is 0 Å². The summed E-state index contributed by atoms with van der Waals surface area (Å²) in [6, 6.07) is 5.51. The van der Waals surface area contributed by atoms with Crippen LogP contribution in [0.25, 0.3) is 33.1 Å². The van der Waals surface area contributed by atoms with Crippen molar-refractivity contribution in [2.24, 2.45) is 0 Å². The van der Waals surface area contributed by atoms with Crippen LogP contribution in [-0.2, 0) is 11.3 Å². The lowest BCUT2D eigenvalue weighted by Gasteiger charge is -2.19. The van der Waals surface area contributed by atoms with Gasteiger partial charge in [-0.25, -0.2) is 4.79 Å². The topological polar surface area (TPSA) is 111 Å². The molecule has 4 heterocycles. The van der Waals surface area contributed by atoms with E-state index in [9.17, 15) is 27.9 Å². The van der Waals surface area contributed by atoms with E-state index in [0.717, 1.165) is 4.68 Å². The molecule has 0 aliphatic carbocycles. The van der Waals surface area contributed by atoms with E-state index in [1.807, 2.05) is 0 Å². The van der Waals surface area contributed by atoms with Crippen molar-refractivity contribution in [3.8, 4) is 11.3 Å². The lowest BCUT2D eigenvalue weighted by Crippen LogP contribution is -2.33. The third-order valence-corrected chi connectivity index (χ3v) is 5.77. The van der Waals surface area contributed by atoms with Gasteiger partial charge in [0.25, 0.3) is 5.91 Å². The van der Waals surface area contributed by atoms with Crippen molar-refractivity contribution in [1.29, 1.82) is 0 Å². The van der Waals surface area contributed by atoms with Crippen LogP contribution in [0.2, 0.25) is 0 Å². The zero-order valence-corrected chi connectivity index (χ0v) is 18.2. The fraction of sp³-hybridized carbons (Fsp3) is 0.304. The molecular weight excluding hydrogens is 469 g/mol. The van der Waals surface area contributed by atoms with Gasteiger partial charge in [0.05, 0.1) is 17.7 Å². The average molecular weight is 488 g/mol. The van der Waals surface area contributed by atoms with E-state index in [-0.39, 0.29) is 27.9 Å². The second-order valence-corrected chi connectivity index (χ2v) is 8.13. The molecule has 1 amide bonds. The monoisotopic (exact) mass is 488 g/mol. The molecule has 0 unspecified atom stereocenters. The number of pyridine rings is 1. The van der Waals surface area contributed by atoms with Crippen LogP contribution < -0.4 is 0 Å². The first-order chi connectivity index (χ1) is 16.7. The van der Waals surface area contributed by atoms with Gasteiger partial charge in [-0.05, 0) is 30.7 Å². The molecule has 1 aromatic carbocycles. The number of carboxylic acids is 1. The van der Waals surface area contributed by atoms with Gasteiger partial charge in [-0.1, -0.05) is 0 Å². The Labute approximate surface area is 195 Å². The molecule has 1 N–H and O–H groups in total. The number of alkyl halides is 3. The standard InChI is InChI=1S/C23H19F3N4O5/c24-23(25,26)12-30-18-9-17(21(31)29-4-1-6-34-7-5-29)27-10-15(18)20(28-30)16-11-35-19-3-2-13(22(32)33)8-14(16)19/h2-3,8-11H,1,4-7,12H2,(H,32,33). The molecule has 0 atom stereocenters. The molecular formula is C23H19F3N4O5. The highest BCUT2D eigenvalue weighted by Crippen LogP contribution is 2.36. The number of furan rings is 1. The number of fused-ring (bicyclic) bond motifs is 2. The van der Waals surface area contributed by atoms with Crippen LogP contribution in [0.4, 0.5) is 13.2 Å². The Morgan fingerprint density at radius 1 is 1.11 bits per heavy atom.